The summed E-state index contributed by atoms with van der Waals surface area (Å²) >= 11 is 12.3. The second-order valence-corrected chi connectivity index (χ2v) is 11.4. The average molecular weight is 654 g/mol. The maximum absolute atomic E-state index is 10.7. The zero-order chi connectivity index (χ0) is 30.3. The van der Waals surface area contributed by atoms with Crippen LogP contribution in [0.15, 0.2) is 84.9 Å². The molecule has 2 aliphatic heterocycles. The summed E-state index contributed by atoms with van der Waals surface area (Å²) in [5.74, 6) is 2.83. The second kappa shape index (κ2) is 16.6. The van der Waals surface area contributed by atoms with Gasteiger partial charge in [-0.3, -0.25) is 4.79 Å². The molecule has 0 saturated heterocycles. The highest BCUT2D eigenvalue weighted by Crippen LogP contribution is 2.47. The van der Waals surface area contributed by atoms with Crippen LogP contribution in [0.25, 0.3) is 0 Å². The van der Waals surface area contributed by atoms with Gasteiger partial charge in [-0.1, -0.05) is 74.5 Å². The monoisotopic (exact) mass is 652 g/mol. The lowest BCUT2D eigenvalue weighted by Crippen LogP contribution is -2.26. The molecular weight excluding hydrogens is 611 g/mol. The van der Waals surface area contributed by atoms with Crippen molar-refractivity contribution in [2.45, 2.75) is 38.5 Å². The van der Waals surface area contributed by atoms with Crippen molar-refractivity contribution in [3.8, 4) is 23.0 Å². The van der Waals surface area contributed by atoms with Gasteiger partial charge in [0.2, 0.25) is 6.41 Å². The number of rotatable bonds is 7. The number of aliphatic hydroxyl groups is 2. The van der Waals surface area contributed by atoms with Crippen LogP contribution in [0.1, 0.15) is 60.8 Å². The highest BCUT2D eigenvalue weighted by Gasteiger charge is 2.33. The van der Waals surface area contributed by atoms with Crippen LogP contribution < -0.4 is 20.1 Å². The van der Waals surface area contributed by atoms with Gasteiger partial charge in [0.15, 0.2) is 0 Å². The number of likely N-dealkylation sites (N-methyl/N-ethyl adjacent to an activating group) is 1. The molecule has 4 aromatic rings. The van der Waals surface area contributed by atoms with Crippen LogP contribution in [0.5, 0.6) is 23.0 Å². The number of halogens is 2. The van der Waals surface area contributed by atoms with E-state index in [0.29, 0.717) is 28.7 Å². The van der Waals surface area contributed by atoms with Gasteiger partial charge in [-0.15, -0.1) is 0 Å². The SMILES string of the molecule is C.C.CNC[C@H]1c2cc(Cl)ccc2Oc2ccccc2[C@@H]1CO.O=CNC[C@H]1c2cc(Cl)ccc2Oc2ccccc2[C@@H]1CO. The standard InChI is InChI=1S/C17H16ClNO3.C17H18ClNO2.2CH4/c18-11-5-6-17-13(7-11)14(8-19-10-21)15(9-20)12-3-1-2-4-16(12)22-17;1-19-9-14-13-8-11(18)6-7-17(13)21-16-5-3-2-4-12(16)15(14)10-20;;/h1-7,10,14-15,20H,8-9H2,(H,19,21);2-8,14-15,19-20H,9-10H2,1H3;2*1H4/t2*14-,15-;;/m00../s1. The molecule has 0 spiro atoms. The molecule has 6 rings (SSSR count). The highest BCUT2D eigenvalue weighted by atomic mass is 35.5. The zero-order valence-electron chi connectivity index (χ0n) is 23.7. The molecule has 0 saturated carbocycles. The third kappa shape index (κ3) is 7.80. The maximum atomic E-state index is 10.7. The van der Waals surface area contributed by atoms with Crippen molar-refractivity contribution < 1.29 is 24.5 Å². The van der Waals surface area contributed by atoms with Gasteiger partial charge in [0, 0.05) is 69.1 Å². The summed E-state index contributed by atoms with van der Waals surface area (Å²) in [5, 5.41) is 27.1. The molecular formula is C36H42Cl2N2O5. The normalized spacial score (nSPS) is 18.9. The summed E-state index contributed by atoms with van der Waals surface area (Å²) in [4.78, 5) is 10.7. The lowest BCUT2D eigenvalue weighted by Gasteiger charge is -2.25. The first-order chi connectivity index (χ1) is 21.0. The number of carbonyl (C=O) groups excluding carboxylic acids is 1. The van der Waals surface area contributed by atoms with E-state index in [-0.39, 0.29) is 51.7 Å². The van der Waals surface area contributed by atoms with E-state index in [2.05, 4.69) is 10.6 Å². The average Bonchev–Trinajstić information content (AvgIpc) is 3.24. The molecule has 240 valence electrons. The number of hydrogen-bond donors (Lipinski definition) is 4. The Morgan fingerprint density at radius 2 is 1.07 bits per heavy atom. The number of benzene rings is 4. The van der Waals surface area contributed by atoms with Crippen molar-refractivity contribution in [2.75, 3.05) is 33.4 Å². The second-order valence-electron chi connectivity index (χ2n) is 10.5. The molecule has 0 unspecified atom stereocenters. The van der Waals surface area contributed by atoms with E-state index >= 15 is 0 Å². The van der Waals surface area contributed by atoms with Crippen LogP contribution >= 0.6 is 23.2 Å². The summed E-state index contributed by atoms with van der Waals surface area (Å²) in [6, 6.07) is 26.6. The van der Waals surface area contributed by atoms with Gasteiger partial charge < -0.3 is 30.3 Å². The largest absolute Gasteiger partial charge is 0.457 e. The Bertz CT molecular complexity index is 1570. The number of ether oxygens (including phenoxy) is 2. The van der Waals surface area contributed by atoms with Crippen LogP contribution in [0, 0.1) is 0 Å². The minimum absolute atomic E-state index is 0. The number of aliphatic hydroxyl groups excluding tert-OH is 2. The molecule has 4 atom stereocenters. The summed E-state index contributed by atoms with van der Waals surface area (Å²) in [7, 11) is 1.91. The fourth-order valence-corrected chi connectivity index (χ4v) is 6.38. The topological polar surface area (TPSA) is 100 Å². The summed E-state index contributed by atoms with van der Waals surface area (Å²) in [6.07, 6.45) is 0.663. The minimum atomic E-state index is -0.177. The Morgan fingerprint density at radius 1 is 0.644 bits per heavy atom. The molecule has 0 aliphatic carbocycles. The summed E-state index contributed by atoms with van der Waals surface area (Å²) in [5.41, 5.74) is 3.88. The third-order valence-electron chi connectivity index (χ3n) is 8.03. The van der Waals surface area contributed by atoms with Crippen molar-refractivity contribution in [1.29, 1.82) is 0 Å². The number of carbonyl (C=O) groups is 1. The molecule has 7 nitrogen and oxygen atoms in total. The van der Waals surface area contributed by atoms with E-state index < -0.39 is 0 Å². The number of nitrogens with one attached hydrogen (secondary N) is 2. The van der Waals surface area contributed by atoms with Crippen molar-refractivity contribution in [3.63, 3.8) is 0 Å². The maximum Gasteiger partial charge on any atom is 0.207 e. The van der Waals surface area contributed by atoms with E-state index in [4.69, 9.17) is 32.7 Å². The molecule has 0 radical (unpaired) electrons. The van der Waals surface area contributed by atoms with Crippen molar-refractivity contribution in [1.82, 2.24) is 10.6 Å². The Morgan fingerprint density at radius 3 is 1.49 bits per heavy atom. The molecule has 2 heterocycles. The van der Waals surface area contributed by atoms with Crippen molar-refractivity contribution in [2.24, 2.45) is 0 Å². The molecule has 2 aliphatic rings. The predicted molar refractivity (Wildman–Crippen MR) is 183 cm³/mol. The number of fused-ring (bicyclic) bond motifs is 4. The first-order valence-electron chi connectivity index (χ1n) is 14.1. The lowest BCUT2D eigenvalue weighted by atomic mass is 9.82. The van der Waals surface area contributed by atoms with E-state index in [1.165, 1.54) is 0 Å². The lowest BCUT2D eigenvalue weighted by molar-refractivity contribution is -0.109. The van der Waals surface area contributed by atoms with Gasteiger partial charge in [-0.25, -0.2) is 0 Å². The van der Waals surface area contributed by atoms with Crippen molar-refractivity contribution in [3.05, 3.63) is 117 Å². The third-order valence-corrected chi connectivity index (χ3v) is 8.50. The quantitative estimate of drug-likeness (QED) is 0.152. The van der Waals surface area contributed by atoms with Crippen LogP contribution in [0.2, 0.25) is 10.0 Å². The Balaban J connectivity index is 0.000000235. The van der Waals surface area contributed by atoms with Gasteiger partial charge in [0.1, 0.15) is 23.0 Å². The Kier molecular flexibility index (Phi) is 13.3. The van der Waals surface area contributed by atoms with Crippen molar-refractivity contribution >= 4 is 29.6 Å². The molecule has 4 aromatic carbocycles. The first-order valence-corrected chi connectivity index (χ1v) is 14.9. The van der Waals surface area contributed by atoms with Crippen LogP contribution in [0.3, 0.4) is 0 Å². The molecule has 4 N–H and O–H groups in total. The Labute approximate surface area is 276 Å². The van der Waals surface area contributed by atoms with E-state index in [1.807, 2.05) is 85.9 Å². The van der Waals surface area contributed by atoms with E-state index in [1.54, 1.807) is 6.07 Å². The fourth-order valence-electron chi connectivity index (χ4n) is 6.02. The molecule has 9 heteroatoms. The molecule has 0 fully saturated rings. The molecule has 45 heavy (non-hydrogen) atoms. The number of hydrogen-bond acceptors (Lipinski definition) is 6. The molecule has 0 bridgehead atoms. The molecule has 1 amide bonds. The zero-order valence-corrected chi connectivity index (χ0v) is 25.2. The van der Waals surface area contributed by atoms with Gasteiger partial charge in [0.05, 0.1) is 13.2 Å². The highest BCUT2D eigenvalue weighted by molar-refractivity contribution is 6.31. The van der Waals surface area contributed by atoms with Crippen LogP contribution in [-0.2, 0) is 4.79 Å². The van der Waals surface area contributed by atoms with Gasteiger partial charge in [-0.2, -0.15) is 0 Å². The number of amides is 1. The van der Waals surface area contributed by atoms with Gasteiger partial charge >= 0.3 is 0 Å². The van der Waals surface area contributed by atoms with Gasteiger partial charge in [-0.05, 0) is 55.6 Å². The van der Waals surface area contributed by atoms with Crippen LogP contribution in [-0.4, -0.2) is 50.0 Å². The van der Waals surface area contributed by atoms with Crippen LogP contribution in [0.4, 0.5) is 0 Å². The summed E-state index contributed by atoms with van der Waals surface area (Å²) in [6.45, 7) is 1.17. The van der Waals surface area contributed by atoms with E-state index in [9.17, 15) is 15.0 Å². The number of para-hydroxylation sites is 2. The first kappa shape index (κ1) is 35.9. The predicted octanol–water partition coefficient (Wildman–Crippen LogP) is 7.85. The smallest absolute Gasteiger partial charge is 0.207 e. The van der Waals surface area contributed by atoms with E-state index in [0.717, 1.165) is 46.0 Å². The van der Waals surface area contributed by atoms with Gasteiger partial charge in [0.25, 0.3) is 0 Å². The molecule has 0 aromatic heterocycles. The Hall–Kier alpha value is -3.59. The minimum Gasteiger partial charge on any atom is -0.457 e. The fraction of sp³-hybridized carbons (Fsp3) is 0.306. The summed E-state index contributed by atoms with van der Waals surface area (Å²) < 4.78 is 12.1.